The Morgan fingerprint density at radius 3 is 2.67 bits per heavy atom. The van der Waals surface area contributed by atoms with Crippen LogP contribution in [0.3, 0.4) is 0 Å². The molecule has 3 aromatic rings. The van der Waals surface area contributed by atoms with Gasteiger partial charge in [0, 0.05) is 3.57 Å². The van der Waals surface area contributed by atoms with E-state index in [2.05, 4.69) is 37.9 Å². The number of benzene rings is 1. The van der Waals surface area contributed by atoms with Crippen LogP contribution in [0.5, 0.6) is 0 Å². The Hall–Kier alpha value is -1.45. The van der Waals surface area contributed by atoms with Crippen LogP contribution in [0.25, 0.3) is 10.7 Å². The zero-order chi connectivity index (χ0) is 17.1. The van der Waals surface area contributed by atoms with E-state index in [-0.39, 0.29) is 5.91 Å². The molecule has 0 bridgehead atoms. The smallest absolute Gasteiger partial charge is 0.260 e. The molecule has 1 aromatic carbocycles. The predicted octanol–water partition coefficient (Wildman–Crippen LogP) is 5.09. The SMILES string of the molecule is CSc1nc(-c2cccs2)nc(C)c1C(=O)Nc1ccccc1I. The zero-order valence-electron chi connectivity index (χ0n) is 13.0. The molecule has 0 aliphatic carbocycles. The Labute approximate surface area is 162 Å². The normalized spacial score (nSPS) is 10.6. The standard InChI is InChI=1S/C17H14IN3OS2/c1-10-14(16(22)20-12-7-4-3-6-11(12)18)17(23-2)21-15(19-10)13-8-5-9-24-13/h3-9H,1-2H3,(H,20,22). The lowest BCUT2D eigenvalue weighted by Gasteiger charge is -2.12. The van der Waals surface area contributed by atoms with Gasteiger partial charge in [-0.05, 0) is 59.3 Å². The highest BCUT2D eigenvalue weighted by molar-refractivity contribution is 14.1. The third-order valence-corrected chi connectivity index (χ3v) is 5.83. The molecule has 3 rings (SSSR count). The van der Waals surface area contributed by atoms with E-state index in [1.165, 1.54) is 11.8 Å². The fraction of sp³-hybridized carbons (Fsp3) is 0.118. The molecule has 24 heavy (non-hydrogen) atoms. The maximum Gasteiger partial charge on any atom is 0.260 e. The predicted molar refractivity (Wildman–Crippen MR) is 109 cm³/mol. The Morgan fingerprint density at radius 1 is 1.21 bits per heavy atom. The van der Waals surface area contributed by atoms with Crippen molar-refractivity contribution < 1.29 is 4.79 Å². The first-order valence-corrected chi connectivity index (χ1v) is 10.3. The molecular weight excluding hydrogens is 453 g/mol. The fourth-order valence-corrected chi connectivity index (χ4v) is 4.02. The Bertz CT molecular complexity index is 882. The summed E-state index contributed by atoms with van der Waals surface area (Å²) in [6, 6.07) is 11.6. The van der Waals surface area contributed by atoms with Crippen molar-refractivity contribution >= 4 is 57.3 Å². The van der Waals surface area contributed by atoms with Crippen LogP contribution in [0, 0.1) is 10.5 Å². The second-order valence-electron chi connectivity index (χ2n) is 4.93. The van der Waals surface area contributed by atoms with Crippen molar-refractivity contribution in [3.63, 3.8) is 0 Å². The Kier molecular flexibility index (Phi) is 5.52. The third-order valence-electron chi connectivity index (χ3n) is 3.34. The molecule has 0 saturated carbocycles. The van der Waals surface area contributed by atoms with Crippen molar-refractivity contribution in [2.75, 3.05) is 11.6 Å². The van der Waals surface area contributed by atoms with Crippen LogP contribution in [0.1, 0.15) is 16.1 Å². The van der Waals surface area contributed by atoms with Gasteiger partial charge < -0.3 is 5.32 Å². The number of para-hydroxylation sites is 1. The van der Waals surface area contributed by atoms with Gasteiger partial charge in [0.25, 0.3) is 5.91 Å². The van der Waals surface area contributed by atoms with E-state index >= 15 is 0 Å². The van der Waals surface area contributed by atoms with Crippen LogP contribution in [-0.4, -0.2) is 22.1 Å². The van der Waals surface area contributed by atoms with Crippen LogP contribution in [0.2, 0.25) is 0 Å². The van der Waals surface area contributed by atoms with Crippen molar-refractivity contribution in [3.8, 4) is 10.7 Å². The number of halogens is 1. The van der Waals surface area contributed by atoms with Gasteiger partial charge >= 0.3 is 0 Å². The van der Waals surface area contributed by atoms with Crippen molar-refractivity contribution in [3.05, 3.63) is 56.6 Å². The summed E-state index contributed by atoms with van der Waals surface area (Å²) < 4.78 is 0.989. The van der Waals surface area contributed by atoms with E-state index in [1.54, 1.807) is 11.3 Å². The monoisotopic (exact) mass is 467 g/mol. The number of hydrogen-bond acceptors (Lipinski definition) is 5. The van der Waals surface area contributed by atoms with Crippen molar-refractivity contribution in [1.29, 1.82) is 0 Å². The minimum atomic E-state index is -0.182. The van der Waals surface area contributed by atoms with Crippen LogP contribution < -0.4 is 5.32 Å². The van der Waals surface area contributed by atoms with Gasteiger partial charge in [-0.2, -0.15) is 0 Å². The van der Waals surface area contributed by atoms with Crippen LogP contribution >= 0.6 is 45.7 Å². The van der Waals surface area contributed by atoms with Gasteiger partial charge in [-0.15, -0.1) is 23.1 Å². The summed E-state index contributed by atoms with van der Waals surface area (Å²) in [7, 11) is 0. The number of aryl methyl sites for hydroxylation is 1. The van der Waals surface area contributed by atoms with E-state index in [0.717, 1.165) is 14.1 Å². The first-order chi connectivity index (χ1) is 11.6. The maximum absolute atomic E-state index is 12.8. The van der Waals surface area contributed by atoms with Gasteiger partial charge in [-0.1, -0.05) is 18.2 Å². The number of carbonyl (C=O) groups is 1. The second kappa shape index (κ2) is 7.62. The van der Waals surface area contributed by atoms with E-state index in [9.17, 15) is 4.79 Å². The molecule has 0 aliphatic heterocycles. The number of hydrogen-bond donors (Lipinski definition) is 1. The number of nitrogens with zero attached hydrogens (tertiary/aromatic N) is 2. The number of aromatic nitrogens is 2. The average molecular weight is 467 g/mol. The molecule has 0 unspecified atom stereocenters. The number of thiophene rings is 1. The molecule has 1 amide bonds. The first kappa shape index (κ1) is 17.4. The Morgan fingerprint density at radius 2 is 2.00 bits per heavy atom. The van der Waals surface area contributed by atoms with E-state index in [0.29, 0.717) is 22.1 Å². The van der Waals surface area contributed by atoms with Gasteiger partial charge in [-0.3, -0.25) is 4.79 Å². The number of rotatable bonds is 4. The summed E-state index contributed by atoms with van der Waals surface area (Å²) in [6.45, 7) is 1.85. The number of amides is 1. The number of nitrogens with one attached hydrogen (secondary N) is 1. The molecule has 2 heterocycles. The topological polar surface area (TPSA) is 54.9 Å². The molecule has 0 saturated heterocycles. The highest BCUT2D eigenvalue weighted by Crippen LogP contribution is 2.28. The number of anilines is 1. The van der Waals surface area contributed by atoms with E-state index in [4.69, 9.17) is 0 Å². The highest BCUT2D eigenvalue weighted by atomic mass is 127. The molecule has 2 aromatic heterocycles. The fourth-order valence-electron chi connectivity index (χ4n) is 2.22. The summed E-state index contributed by atoms with van der Waals surface area (Å²) in [5.74, 6) is 0.483. The van der Waals surface area contributed by atoms with Gasteiger partial charge in [0.05, 0.1) is 21.8 Å². The number of carbonyl (C=O) groups excluding carboxylic acids is 1. The molecule has 0 spiro atoms. The van der Waals surface area contributed by atoms with Gasteiger partial charge in [-0.25, -0.2) is 9.97 Å². The minimum absolute atomic E-state index is 0.182. The van der Waals surface area contributed by atoms with Crippen LogP contribution in [0.15, 0.2) is 46.8 Å². The van der Waals surface area contributed by atoms with Gasteiger partial charge in [0.2, 0.25) is 0 Å². The largest absolute Gasteiger partial charge is 0.321 e. The number of thioether (sulfide) groups is 1. The van der Waals surface area contributed by atoms with Crippen LogP contribution in [-0.2, 0) is 0 Å². The lowest BCUT2D eigenvalue weighted by Crippen LogP contribution is -2.17. The van der Waals surface area contributed by atoms with Crippen molar-refractivity contribution in [2.45, 2.75) is 11.9 Å². The molecule has 7 heteroatoms. The summed E-state index contributed by atoms with van der Waals surface area (Å²) in [6.07, 6.45) is 1.92. The second-order valence-corrected chi connectivity index (χ2v) is 7.83. The summed E-state index contributed by atoms with van der Waals surface area (Å²) in [5.41, 5.74) is 2.00. The molecule has 0 radical (unpaired) electrons. The minimum Gasteiger partial charge on any atom is -0.321 e. The quantitative estimate of drug-likeness (QED) is 0.330. The summed E-state index contributed by atoms with van der Waals surface area (Å²) in [4.78, 5) is 22.9. The highest BCUT2D eigenvalue weighted by Gasteiger charge is 2.20. The molecule has 122 valence electrons. The molecular formula is C17H14IN3OS2. The Balaban J connectivity index is 1.98. The van der Waals surface area contributed by atoms with Gasteiger partial charge in [0.15, 0.2) is 5.82 Å². The summed E-state index contributed by atoms with van der Waals surface area (Å²) >= 11 is 5.24. The maximum atomic E-state index is 12.8. The van der Waals surface area contributed by atoms with Crippen LogP contribution in [0.4, 0.5) is 5.69 Å². The zero-order valence-corrected chi connectivity index (χ0v) is 16.8. The van der Waals surface area contributed by atoms with E-state index < -0.39 is 0 Å². The molecule has 4 nitrogen and oxygen atoms in total. The van der Waals surface area contributed by atoms with E-state index in [1.807, 2.05) is 55.0 Å². The molecule has 0 aliphatic rings. The van der Waals surface area contributed by atoms with Gasteiger partial charge in [0.1, 0.15) is 5.03 Å². The average Bonchev–Trinajstić information content (AvgIpc) is 3.10. The van der Waals surface area contributed by atoms with Crippen molar-refractivity contribution in [1.82, 2.24) is 9.97 Å². The molecule has 0 atom stereocenters. The molecule has 1 N–H and O–H groups in total. The lowest BCUT2D eigenvalue weighted by molar-refractivity contribution is 0.102. The first-order valence-electron chi connectivity index (χ1n) is 7.12. The molecule has 0 fully saturated rings. The third kappa shape index (κ3) is 3.62. The summed E-state index contributed by atoms with van der Waals surface area (Å²) in [5, 5.41) is 5.64. The van der Waals surface area contributed by atoms with Crippen molar-refractivity contribution in [2.24, 2.45) is 0 Å². The lowest BCUT2D eigenvalue weighted by atomic mass is 10.2.